The molecule has 0 unspecified atom stereocenters. The van der Waals surface area contributed by atoms with Crippen LogP contribution in [0.1, 0.15) is 24.1 Å². The zero-order valence-electron chi connectivity index (χ0n) is 13.5. The van der Waals surface area contributed by atoms with E-state index < -0.39 is 4.92 Å². The molecule has 1 amide bonds. The Kier molecular flexibility index (Phi) is 5.89. The average molecular weight is 349 g/mol. The lowest BCUT2D eigenvalue weighted by Gasteiger charge is -2.12. The second kappa shape index (κ2) is 7.90. The molecule has 2 aromatic carbocycles. The smallest absolute Gasteiger partial charge is 0.279 e. The molecule has 0 fully saturated rings. The molecule has 2 rings (SSSR count). The fraction of sp³-hybridized carbons (Fsp3) is 0.235. The fourth-order valence-electron chi connectivity index (χ4n) is 2.29. The van der Waals surface area contributed by atoms with Gasteiger partial charge in [0.1, 0.15) is 6.04 Å². The van der Waals surface area contributed by atoms with Crippen LogP contribution in [0.4, 0.5) is 11.4 Å². The van der Waals surface area contributed by atoms with Crippen molar-refractivity contribution >= 4 is 28.9 Å². The maximum Gasteiger partial charge on any atom is 0.279 e. The van der Waals surface area contributed by atoms with E-state index in [0.717, 1.165) is 5.56 Å². The summed E-state index contributed by atoms with van der Waals surface area (Å²) in [4.78, 5) is 22.3. The van der Waals surface area contributed by atoms with Gasteiger partial charge in [-0.15, -0.1) is 0 Å². The van der Waals surface area contributed by atoms with Crippen LogP contribution < -0.4 is 10.6 Å². The van der Waals surface area contributed by atoms with Crippen LogP contribution >= 0.6 is 11.6 Å². The summed E-state index contributed by atoms with van der Waals surface area (Å²) in [6, 6.07) is 12.0. The number of nitro benzene ring substituents is 1. The van der Waals surface area contributed by atoms with Crippen molar-refractivity contribution in [1.29, 1.82) is 0 Å². The number of non-ortho nitro benzene ring substituents is 1. The third kappa shape index (κ3) is 4.78. The Balaban J connectivity index is 1.91. The van der Waals surface area contributed by atoms with Crippen molar-refractivity contribution in [2.24, 2.45) is 0 Å². The number of nitrogens with one attached hydrogen (secondary N) is 1. The number of hydrogen-bond acceptors (Lipinski definition) is 3. The summed E-state index contributed by atoms with van der Waals surface area (Å²) in [6.07, 6.45) is 0. The van der Waals surface area contributed by atoms with E-state index in [-0.39, 0.29) is 24.2 Å². The van der Waals surface area contributed by atoms with E-state index >= 15 is 0 Å². The number of halogens is 1. The molecule has 0 radical (unpaired) electrons. The number of hydrogen-bond donors (Lipinski definition) is 2. The van der Waals surface area contributed by atoms with Crippen molar-refractivity contribution < 1.29 is 15.0 Å². The molecule has 3 N–H and O–H groups in total. The van der Waals surface area contributed by atoms with Crippen LogP contribution in [0.3, 0.4) is 0 Å². The van der Waals surface area contributed by atoms with Crippen LogP contribution in [0, 0.1) is 17.0 Å². The van der Waals surface area contributed by atoms with E-state index in [1.165, 1.54) is 12.1 Å². The molecule has 0 aliphatic rings. The Hall–Kier alpha value is -2.44. The first-order valence-electron chi connectivity index (χ1n) is 7.50. The molecule has 0 saturated heterocycles. The van der Waals surface area contributed by atoms with Crippen molar-refractivity contribution in [3.05, 3.63) is 68.7 Å². The second-order valence-corrected chi connectivity index (χ2v) is 6.02. The molecule has 6 nitrogen and oxygen atoms in total. The summed E-state index contributed by atoms with van der Waals surface area (Å²) in [5, 5.41) is 16.1. The fourth-order valence-corrected chi connectivity index (χ4v) is 2.42. The van der Waals surface area contributed by atoms with Crippen LogP contribution in [0.25, 0.3) is 0 Å². The minimum Gasteiger partial charge on any atom is -0.333 e. The highest BCUT2D eigenvalue weighted by molar-refractivity contribution is 6.30. The zero-order valence-corrected chi connectivity index (χ0v) is 14.2. The summed E-state index contributed by atoms with van der Waals surface area (Å²) < 4.78 is 0. The van der Waals surface area contributed by atoms with Crippen LogP contribution in [0.2, 0.25) is 5.02 Å². The van der Waals surface area contributed by atoms with Crippen molar-refractivity contribution in [2.75, 3.05) is 11.9 Å². The summed E-state index contributed by atoms with van der Waals surface area (Å²) in [6.45, 7) is 3.98. The number of carbonyl (C=O) groups excluding carboxylic acids is 1. The zero-order chi connectivity index (χ0) is 17.7. The number of nitrogens with two attached hydrogens (primary N) is 1. The normalized spacial score (nSPS) is 11.8. The number of carbonyl (C=O) groups is 1. The number of benzene rings is 2. The largest absolute Gasteiger partial charge is 0.333 e. The van der Waals surface area contributed by atoms with Gasteiger partial charge in [0.15, 0.2) is 6.54 Å². The highest BCUT2D eigenvalue weighted by Crippen LogP contribution is 2.21. The maximum atomic E-state index is 12.1. The predicted molar refractivity (Wildman–Crippen MR) is 93.1 cm³/mol. The molecule has 0 heterocycles. The Labute approximate surface area is 145 Å². The van der Waals surface area contributed by atoms with Crippen molar-refractivity contribution in [3.63, 3.8) is 0 Å². The number of anilines is 1. The minimum absolute atomic E-state index is 0.00780. The van der Waals surface area contributed by atoms with Gasteiger partial charge < -0.3 is 10.6 Å². The molecule has 2 aromatic rings. The van der Waals surface area contributed by atoms with Gasteiger partial charge in [0, 0.05) is 28.4 Å². The van der Waals surface area contributed by atoms with Crippen LogP contribution in [0.15, 0.2) is 42.5 Å². The number of aryl methyl sites for hydroxylation is 1. The quantitative estimate of drug-likeness (QED) is 0.621. The minimum atomic E-state index is -0.458. The van der Waals surface area contributed by atoms with E-state index in [0.29, 0.717) is 16.3 Å². The third-order valence-corrected chi connectivity index (χ3v) is 4.00. The van der Waals surface area contributed by atoms with Crippen LogP contribution in [0.5, 0.6) is 0 Å². The highest BCUT2D eigenvalue weighted by Gasteiger charge is 2.14. The molecule has 0 spiro atoms. The monoisotopic (exact) mass is 348 g/mol. The topological polar surface area (TPSA) is 88.9 Å². The standard InChI is InChI=1S/C17H18ClN3O3/c1-11-9-15(21(23)24)7-8-16(11)20-17(22)10-19-12(2)13-3-5-14(18)6-4-13/h3-9,12,19H,10H2,1-2H3,(H,20,22)/p+1/t12-/m1/s1. The van der Waals surface area contributed by atoms with Gasteiger partial charge >= 0.3 is 0 Å². The van der Waals surface area contributed by atoms with Crippen molar-refractivity contribution in [2.45, 2.75) is 19.9 Å². The Bertz CT molecular complexity index is 747. The lowest BCUT2D eigenvalue weighted by atomic mass is 10.1. The Morgan fingerprint density at radius 2 is 1.96 bits per heavy atom. The van der Waals surface area contributed by atoms with E-state index in [1.54, 1.807) is 13.0 Å². The number of amides is 1. The molecule has 1 atom stereocenters. The molecule has 24 heavy (non-hydrogen) atoms. The van der Waals surface area contributed by atoms with Crippen molar-refractivity contribution in [1.82, 2.24) is 0 Å². The third-order valence-electron chi connectivity index (χ3n) is 3.75. The van der Waals surface area contributed by atoms with Gasteiger partial charge in [-0.25, -0.2) is 0 Å². The molecular weight excluding hydrogens is 330 g/mol. The van der Waals surface area contributed by atoms with Crippen molar-refractivity contribution in [3.8, 4) is 0 Å². The van der Waals surface area contributed by atoms with Gasteiger partial charge in [-0.2, -0.15) is 0 Å². The second-order valence-electron chi connectivity index (χ2n) is 5.58. The van der Waals surface area contributed by atoms with Gasteiger partial charge in [-0.1, -0.05) is 23.7 Å². The van der Waals surface area contributed by atoms with Gasteiger partial charge in [0.25, 0.3) is 11.6 Å². The summed E-state index contributed by atoms with van der Waals surface area (Å²) in [7, 11) is 0. The van der Waals surface area contributed by atoms with E-state index in [1.807, 2.05) is 36.5 Å². The molecule has 0 bridgehead atoms. The first kappa shape index (κ1) is 17.9. The van der Waals surface area contributed by atoms with Crippen LogP contribution in [-0.4, -0.2) is 17.4 Å². The Morgan fingerprint density at radius 1 is 1.29 bits per heavy atom. The molecule has 0 saturated carbocycles. The first-order chi connectivity index (χ1) is 11.4. The Morgan fingerprint density at radius 3 is 2.54 bits per heavy atom. The van der Waals surface area contributed by atoms with E-state index in [2.05, 4.69) is 5.32 Å². The van der Waals surface area contributed by atoms with Gasteiger partial charge in [0.2, 0.25) is 0 Å². The molecule has 0 aliphatic heterocycles. The summed E-state index contributed by atoms with van der Waals surface area (Å²) in [5.74, 6) is -0.159. The number of rotatable bonds is 6. The highest BCUT2D eigenvalue weighted by atomic mass is 35.5. The van der Waals surface area contributed by atoms with Gasteiger partial charge in [-0.05, 0) is 37.6 Å². The molecular formula is C17H19ClN3O3+. The number of nitrogens with zero attached hydrogens (tertiary/aromatic N) is 1. The molecule has 126 valence electrons. The van der Waals surface area contributed by atoms with E-state index in [9.17, 15) is 14.9 Å². The lowest BCUT2D eigenvalue weighted by molar-refractivity contribution is -0.682. The average Bonchev–Trinajstić information content (AvgIpc) is 2.55. The maximum absolute atomic E-state index is 12.1. The number of nitro groups is 1. The number of quaternary nitrogens is 1. The predicted octanol–water partition coefficient (Wildman–Crippen LogP) is 2.82. The van der Waals surface area contributed by atoms with E-state index in [4.69, 9.17) is 11.6 Å². The van der Waals surface area contributed by atoms with Gasteiger partial charge in [0.05, 0.1) is 4.92 Å². The molecule has 0 aliphatic carbocycles. The molecule has 7 heteroatoms. The molecule has 0 aromatic heterocycles. The summed E-state index contributed by atoms with van der Waals surface area (Å²) >= 11 is 5.86. The lowest BCUT2D eigenvalue weighted by Crippen LogP contribution is -2.86. The summed E-state index contributed by atoms with van der Waals surface area (Å²) in [5.41, 5.74) is 2.33. The van der Waals surface area contributed by atoms with Crippen LogP contribution in [-0.2, 0) is 4.79 Å². The first-order valence-corrected chi connectivity index (χ1v) is 7.88. The SMILES string of the molecule is Cc1cc([N+](=O)[O-])ccc1NC(=O)C[NH2+][C@H](C)c1ccc(Cl)cc1. The van der Waals surface area contributed by atoms with Gasteiger partial charge in [-0.3, -0.25) is 14.9 Å².